The van der Waals surface area contributed by atoms with E-state index >= 15 is 0 Å². The highest BCUT2D eigenvalue weighted by atomic mass is 16.2. The summed E-state index contributed by atoms with van der Waals surface area (Å²) >= 11 is 0. The minimum Gasteiger partial charge on any atom is -0.303 e. The van der Waals surface area contributed by atoms with Gasteiger partial charge in [0, 0.05) is 13.5 Å². The summed E-state index contributed by atoms with van der Waals surface area (Å²) in [4.78, 5) is 28.8. The second-order valence-corrected chi connectivity index (χ2v) is 6.86. The molecular formula is C19H26N2O2. The summed E-state index contributed by atoms with van der Waals surface area (Å²) in [7, 11) is 1.63. The summed E-state index contributed by atoms with van der Waals surface area (Å²) in [5.74, 6) is -0.0866. The predicted molar refractivity (Wildman–Crippen MR) is 90.0 cm³/mol. The zero-order chi connectivity index (χ0) is 16.3. The molecule has 0 N–H and O–H groups in total. The van der Waals surface area contributed by atoms with E-state index in [-0.39, 0.29) is 11.8 Å². The molecule has 0 aliphatic carbocycles. The Morgan fingerprint density at radius 3 is 2.43 bits per heavy atom. The molecule has 0 bridgehead atoms. The van der Waals surface area contributed by atoms with Crippen LogP contribution in [-0.2, 0) is 15.0 Å². The first kappa shape index (κ1) is 16.2. The van der Waals surface area contributed by atoms with Gasteiger partial charge in [0.25, 0.3) is 0 Å². The Bertz CT molecular complexity index is 566. The van der Waals surface area contributed by atoms with Crippen LogP contribution in [-0.4, -0.2) is 48.3 Å². The van der Waals surface area contributed by atoms with Crippen LogP contribution in [0.1, 0.15) is 44.1 Å². The molecular weight excluding hydrogens is 288 g/mol. The van der Waals surface area contributed by atoms with Crippen molar-refractivity contribution in [3.05, 3.63) is 35.9 Å². The van der Waals surface area contributed by atoms with Crippen LogP contribution in [0, 0.1) is 0 Å². The number of piperidine rings is 2. The van der Waals surface area contributed by atoms with Crippen molar-refractivity contribution < 1.29 is 9.59 Å². The quantitative estimate of drug-likeness (QED) is 0.802. The van der Waals surface area contributed by atoms with Crippen molar-refractivity contribution >= 4 is 11.8 Å². The first-order valence-corrected chi connectivity index (χ1v) is 8.72. The smallest absolute Gasteiger partial charge is 0.239 e. The molecule has 0 unspecified atom stereocenters. The Kier molecular flexibility index (Phi) is 4.81. The van der Waals surface area contributed by atoms with Crippen LogP contribution in [0.15, 0.2) is 30.3 Å². The second kappa shape index (κ2) is 6.83. The van der Waals surface area contributed by atoms with Crippen LogP contribution in [0.3, 0.4) is 0 Å². The molecule has 0 spiro atoms. The van der Waals surface area contributed by atoms with E-state index in [1.807, 2.05) is 30.3 Å². The van der Waals surface area contributed by atoms with Crippen molar-refractivity contribution in [2.45, 2.75) is 43.9 Å². The maximum Gasteiger partial charge on any atom is 0.239 e. The fourth-order valence-corrected chi connectivity index (χ4v) is 3.96. The number of rotatable bonds is 4. The molecule has 23 heavy (non-hydrogen) atoms. The zero-order valence-electron chi connectivity index (χ0n) is 14.0. The SMILES string of the molecule is CN1C(=O)CC[C@](CCN2CCCCC2)(c2ccccc2)C1=O. The van der Waals surface area contributed by atoms with Gasteiger partial charge in [-0.1, -0.05) is 36.8 Å². The number of likely N-dealkylation sites (tertiary alicyclic amines) is 2. The van der Waals surface area contributed by atoms with Crippen LogP contribution in [0.5, 0.6) is 0 Å². The van der Waals surface area contributed by atoms with Crippen LogP contribution in [0.25, 0.3) is 0 Å². The average molecular weight is 314 g/mol. The van der Waals surface area contributed by atoms with Crippen LogP contribution in [0.2, 0.25) is 0 Å². The number of hydrogen-bond acceptors (Lipinski definition) is 3. The van der Waals surface area contributed by atoms with Gasteiger partial charge in [-0.25, -0.2) is 0 Å². The number of carbonyl (C=O) groups excluding carboxylic acids is 2. The molecule has 0 saturated carbocycles. The van der Waals surface area contributed by atoms with Gasteiger partial charge in [-0.15, -0.1) is 0 Å². The van der Waals surface area contributed by atoms with E-state index in [2.05, 4.69) is 4.90 Å². The van der Waals surface area contributed by atoms with E-state index in [0.29, 0.717) is 12.8 Å². The molecule has 1 atom stereocenters. The molecule has 2 heterocycles. The minimum absolute atomic E-state index is 0.0306. The maximum atomic E-state index is 13.0. The highest BCUT2D eigenvalue weighted by Crippen LogP contribution is 2.38. The molecule has 4 nitrogen and oxygen atoms in total. The lowest BCUT2D eigenvalue weighted by Gasteiger charge is -2.41. The number of benzene rings is 1. The summed E-state index contributed by atoms with van der Waals surface area (Å²) in [6, 6.07) is 10.0. The molecule has 3 rings (SSSR count). The summed E-state index contributed by atoms with van der Waals surface area (Å²) in [6.45, 7) is 3.20. The Morgan fingerprint density at radius 1 is 1.04 bits per heavy atom. The Morgan fingerprint density at radius 2 is 1.74 bits per heavy atom. The Labute approximate surface area is 138 Å². The van der Waals surface area contributed by atoms with Gasteiger partial charge in [0.05, 0.1) is 5.41 Å². The summed E-state index contributed by atoms with van der Waals surface area (Å²) in [6.07, 6.45) is 5.71. The molecule has 2 aliphatic heterocycles. The van der Waals surface area contributed by atoms with E-state index in [4.69, 9.17) is 0 Å². The molecule has 0 radical (unpaired) electrons. The van der Waals surface area contributed by atoms with E-state index in [1.54, 1.807) is 7.05 Å². The normalized spacial score (nSPS) is 26.6. The van der Waals surface area contributed by atoms with E-state index in [9.17, 15) is 9.59 Å². The van der Waals surface area contributed by atoms with Crippen molar-refractivity contribution in [2.24, 2.45) is 0 Å². The van der Waals surface area contributed by atoms with Gasteiger partial charge < -0.3 is 4.90 Å². The summed E-state index contributed by atoms with van der Waals surface area (Å²) in [5, 5.41) is 0. The lowest BCUT2D eigenvalue weighted by Crippen LogP contribution is -2.53. The Hall–Kier alpha value is -1.68. The number of amides is 2. The highest BCUT2D eigenvalue weighted by Gasteiger charge is 2.46. The minimum atomic E-state index is -0.540. The van der Waals surface area contributed by atoms with Crippen molar-refractivity contribution in [1.29, 1.82) is 0 Å². The third-order valence-electron chi connectivity index (χ3n) is 5.48. The van der Waals surface area contributed by atoms with Gasteiger partial charge in [0.15, 0.2) is 0 Å². The van der Waals surface area contributed by atoms with E-state index < -0.39 is 5.41 Å². The molecule has 124 valence electrons. The molecule has 1 aromatic carbocycles. The largest absolute Gasteiger partial charge is 0.303 e. The lowest BCUT2D eigenvalue weighted by atomic mass is 9.70. The van der Waals surface area contributed by atoms with Gasteiger partial charge in [0.1, 0.15) is 0 Å². The van der Waals surface area contributed by atoms with Crippen molar-refractivity contribution in [2.75, 3.05) is 26.7 Å². The zero-order valence-corrected chi connectivity index (χ0v) is 14.0. The monoisotopic (exact) mass is 314 g/mol. The summed E-state index contributed by atoms with van der Waals surface area (Å²) in [5.41, 5.74) is 0.517. The molecule has 2 fully saturated rings. The maximum absolute atomic E-state index is 13.0. The third-order valence-corrected chi connectivity index (χ3v) is 5.48. The van der Waals surface area contributed by atoms with Crippen LogP contribution in [0.4, 0.5) is 0 Å². The van der Waals surface area contributed by atoms with E-state index in [1.165, 1.54) is 24.2 Å². The standard InChI is InChI=1S/C19H26N2O2/c1-20-17(22)10-11-19(18(20)23,16-8-4-2-5-9-16)12-15-21-13-6-3-7-14-21/h2,4-5,8-9H,3,6-7,10-15H2,1H3/t19-/m0/s1. The number of nitrogens with zero attached hydrogens (tertiary/aromatic N) is 2. The van der Waals surface area contributed by atoms with Gasteiger partial charge in [-0.05, 0) is 50.9 Å². The van der Waals surface area contributed by atoms with Crippen LogP contribution < -0.4 is 0 Å². The number of likely N-dealkylation sites (N-methyl/N-ethyl adjacent to an activating group) is 1. The second-order valence-electron chi connectivity index (χ2n) is 6.86. The Balaban J connectivity index is 1.84. The van der Waals surface area contributed by atoms with Gasteiger partial charge in [0.2, 0.25) is 11.8 Å². The van der Waals surface area contributed by atoms with Gasteiger partial charge in [-0.2, -0.15) is 0 Å². The predicted octanol–water partition coefficient (Wildman–Crippen LogP) is 2.58. The van der Waals surface area contributed by atoms with Crippen molar-refractivity contribution in [3.63, 3.8) is 0 Å². The fraction of sp³-hybridized carbons (Fsp3) is 0.579. The molecule has 2 amide bonds. The first-order chi connectivity index (χ1) is 11.1. The third kappa shape index (κ3) is 3.18. The molecule has 4 heteroatoms. The molecule has 2 aliphatic rings. The summed E-state index contributed by atoms with van der Waals surface area (Å²) < 4.78 is 0. The van der Waals surface area contributed by atoms with Crippen LogP contribution >= 0.6 is 0 Å². The fourth-order valence-electron chi connectivity index (χ4n) is 3.96. The number of carbonyl (C=O) groups is 2. The lowest BCUT2D eigenvalue weighted by molar-refractivity contribution is -0.152. The van der Waals surface area contributed by atoms with E-state index in [0.717, 1.165) is 31.6 Å². The van der Waals surface area contributed by atoms with Crippen molar-refractivity contribution in [1.82, 2.24) is 9.80 Å². The molecule has 1 aromatic rings. The first-order valence-electron chi connectivity index (χ1n) is 8.72. The average Bonchev–Trinajstić information content (AvgIpc) is 2.61. The number of imide groups is 1. The van der Waals surface area contributed by atoms with Crippen molar-refractivity contribution in [3.8, 4) is 0 Å². The molecule has 0 aromatic heterocycles. The number of hydrogen-bond donors (Lipinski definition) is 0. The highest BCUT2D eigenvalue weighted by molar-refractivity contribution is 6.03. The molecule has 2 saturated heterocycles. The van der Waals surface area contributed by atoms with Gasteiger partial charge >= 0.3 is 0 Å². The van der Waals surface area contributed by atoms with Gasteiger partial charge in [-0.3, -0.25) is 14.5 Å². The topological polar surface area (TPSA) is 40.6 Å².